The number of piperazine rings is 1. The molecular weight excluding hydrogens is 656 g/mol. The van der Waals surface area contributed by atoms with Gasteiger partial charge in [-0.05, 0) is 68.4 Å². The van der Waals surface area contributed by atoms with Crippen molar-refractivity contribution in [2.75, 3.05) is 60.6 Å². The van der Waals surface area contributed by atoms with E-state index in [1.807, 2.05) is 50.2 Å². The van der Waals surface area contributed by atoms with Crippen LogP contribution in [0.1, 0.15) is 19.4 Å². The topological polar surface area (TPSA) is 88.4 Å². The number of rotatable bonds is 10. The van der Waals surface area contributed by atoms with Crippen LogP contribution in [0.2, 0.25) is 0 Å². The number of carbonyl (C=O) groups excluding carboxylic acids is 1. The van der Waals surface area contributed by atoms with Crippen molar-refractivity contribution in [2.45, 2.75) is 43.8 Å². The Kier molecular flexibility index (Phi) is 9.32. The van der Waals surface area contributed by atoms with E-state index < -0.39 is 23.5 Å². The largest absolute Gasteiger partial charge is 0.488 e. The summed E-state index contributed by atoms with van der Waals surface area (Å²) in [5, 5.41) is 4.13. The zero-order valence-corrected chi connectivity index (χ0v) is 28.0. The quantitative estimate of drug-likeness (QED) is 0.160. The Labute approximate surface area is 288 Å². The fourth-order valence-electron chi connectivity index (χ4n) is 6.69. The van der Waals surface area contributed by atoms with Gasteiger partial charge in [0.25, 0.3) is 0 Å². The van der Waals surface area contributed by atoms with E-state index >= 15 is 0 Å². The minimum atomic E-state index is -1.23. The number of benzene rings is 3. The first-order valence-electron chi connectivity index (χ1n) is 16.3. The van der Waals surface area contributed by atoms with Crippen molar-refractivity contribution >= 4 is 34.7 Å². The fourth-order valence-corrected chi connectivity index (χ4v) is 7.14. The van der Waals surface area contributed by atoms with E-state index in [1.54, 1.807) is 9.80 Å². The third-order valence-electron chi connectivity index (χ3n) is 9.20. The summed E-state index contributed by atoms with van der Waals surface area (Å²) in [6.07, 6.45) is 2.10. The van der Waals surface area contributed by atoms with E-state index in [9.17, 15) is 13.6 Å². The summed E-state index contributed by atoms with van der Waals surface area (Å²) in [4.78, 5) is 25.0. The SMILES string of the molecule is CC(C)N1C(=O)N(c2ccc(N3CCN(c4ccc(OC[C@H]5OC[C@](Cn6cncn6)(c6ccc(F)cc6F)O5)cc4)CC3)cc2)CC1Cl. The van der Waals surface area contributed by atoms with Gasteiger partial charge in [0.2, 0.25) is 0 Å². The van der Waals surface area contributed by atoms with Crippen LogP contribution < -0.4 is 19.4 Å². The van der Waals surface area contributed by atoms with Crippen LogP contribution in [-0.4, -0.2) is 89.5 Å². The zero-order chi connectivity index (χ0) is 34.1. The summed E-state index contributed by atoms with van der Waals surface area (Å²) >= 11 is 6.45. The van der Waals surface area contributed by atoms with Crippen LogP contribution in [0.15, 0.2) is 79.4 Å². The highest BCUT2D eigenvalue weighted by Gasteiger charge is 2.46. The molecule has 3 saturated heterocycles. The van der Waals surface area contributed by atoms with Gasteiger partial charge in [-0.15, -0.1) is 0 Å². The molecule has 2 amide bonds. The molecule has 0 radical (unpaired) electrons. The maximum atomic E-state index is 14.9. The normalized spacial score (nSPS) is 22.9. The summed E-state index contributed by atoms with van der Waals surface area (Å²) in [5.74, 6) is -0.753. The van der Waals surface area contributed by atoms with Crippen molar-refractivity contribution in [1.82, 2.24) is 19.7 Å². The first kappa shape index (κ1) is 33.1. The lowest BCUT2D eigenvalue weighted by Gasteiger charge is -2.37. The van der Waals surface area contributed by atoms with Crippen molar-refractivity contribution in [2.24, 2.45) is 0 Å². The van der Waals surface area contributed by atoms with Gasteiger partial charge in [0.05, 0.1) is 19.7 Å². The molecule has 14 heteroatoms. The number of alkyl halides is 1. The Balaban J connectivity index is 0.916. The monoisotopic (exact) mass is 693 g/mol. The van der Waals surface area contributed by atoms with E-state index in [4.69, 9.17) is 25.8 Å². The second-order valence-electron chi connectivity index (χ2n) is 12.7. The Hall–Kier alpha value is -4.46. The Bertz CT molecular complexity index is 1740. The summed E-state index contributed by atoms with van der Waals surface area (Å²) in [7, 11) is 0. The fraction of sp³-hybridized carbons (Fsp3) is 0.400. The van der Waals surface area contributed by atoms with E-state index in [-0.39, 0.29) is 42.9 Å². The molecule has 3 aromatic carbocycles. The number of amides is 2. The number of aromatic nitrogens is 3. The van der Waals surface area contributed by atoms with Crippen molar-refractivity contribution in [1.29, 1.82) is 0 Å². The van der Waals surface area contributed by atoms with E-state index in [1.165, 1.54) is 29.5 Å². The number of halogens is 3. The third kappa shape index (κ3) is 6.87. The highest BCUT2D eigenvalue weighted by atomic mass is 35.5. The van der Waals surface area contributed by atoms with Crippen LogP contribution in [0.4, 0.5) is 30.6 Å². The molecule has 3 atom stereocenters. The highest BCUT2D eigenvalue weighted by molar-refractivity contribution is 6.23. The molecule has 4 aromatic rings. The average molecular weight is 694 g/mol. The zero-order valence-electron chi connectivity index (χ0n) is 27.3. The van der Waals surface area contributed by atoms with E-state index in [0.29, 0.717) is 12.3 Å². The lowest BCUT2D eigenvalue weighted by atomic mass is 9.94. The van der Waals surface area contributed by atoms with Gasteiger partial charge in [-0.25, -0.2) is 23.2 Å². The molecule has 3 aliphatic rings. The van der Waals surface area contributed by atoms with Crippen LogP contribution in [0.25, 0.3) is 0 Å². The number of urea groups is 1. The Morgan fingerprint density at radius 2 is 1.61 bits per heavy atom. The van der Waals surface area contributed by atoms with Gasteiger partial charge in [-0.3, -0.25) is 4.90 Å². The predicted octanol–water partition coefficient (Wildman–Crippen LogP) is 5.45. The van der Waals surface area contributed by atoms with Gasteiger partial charge < -0.3 is 28.9 Å². The molecule has 3 fully saturated rings. The number of nitrogens with zero attached hydrogens (tertiary/aromatic N) is 7. The molecule has 0 bridgehead atoms. The standard InChI is InChI=1S/C35H38ClF2N7O4/c1-24(2)45-32(36)18-44(34(45)46)28-6-4-26(5-7-28)41-13-15-42(16-14-41)27-8-10-29(11-9-27)47-19-33-48-21-35(49-33,20-43-23-39-22-40-43)30-12-3-25(37)17-31(30)38/h3-12,17,22-24,32-33H,13-16,18-21H2,1-2H3/t32?,33-,35+/m0/s1. The number of hydrogen-bond acceptors (Lipinski definition) is 8. The van der Waals surface area contributed by atoms with Crippen molar-refractivity contribution in [3.63, 3.8) is 0 Å². The number of ether oxygens (including phenoxy) is 3. The average Bonchev–Trinajstić information content (AvgIpc) is 3.84. The van der Waals surface area contributed by atoms with Crippen LogP contribution in [0, 0.1) is 11.6 Å². The summed E-state index contributed by atoms with van der Waals surface area (Å²) in [6, 6.07) is 19.4. The lowest BCUT2D eigenvalue weighted by Crippen LogP contribution is -2.46. The molecular formula is C35H38ClF2N7O4. The predicted molar refractivity (Wildman–Crippen MR) is 181 cm³/mol. The number of carbonyl (C=O) groups is 1. The maximum absolute atomic E-state index is 14.9. The smallest absolute Gasteiger partial charge is 0.326 e. The van der Waals surface area contributed by atoms with Gasteiger partial charge in [0.15, 0.2) is 6.29 Å². The van der Waals surface area contributed by atoms with Crippen LogP contribution in [0.5, 0.6) is 5.75 Å². The minimum absolute atomic E-state index is 0.0299. The minimum Gasteiger partial charge on any atom is -0.488 e. The van der Waals surface area contributed by atoms with Gasteiger partial charge in [-0.2, -0.15) is 5.10 Å². The molecule has 258 valence electrons. The molecule has 1 aromatic heterocycles. The Morgan fingerprint density at radius 1 is 0.959 bits per heavy atom. The van der Waals surface area contributed by atoms with E-state index in [0.717, 1.165) is 49.3 Å². The van der Waals surface area contributed by atoms with Crippen LogP contribution in [0.3, 0.4) is 0 Å². The maximum Gasteiger partial charge on any atom is 0.326 e. The second-order valence-corrected chi connectivity index (χ2v) is 13.2. The van der Waals surface area contributed by atoms with Crippen molar-refractivity contribution in [3.05, 3.63) is 96.6 Å². The summed E-state index contributed by atoms with van der Waals surface area (Å²) in [5.41, 5.74) is 1.66. The van der Waals surface area contributed by atoms with E-state index in [2.05, 4.69) is 32.0 Å². The molecule has 49 heavy (non-hydrogen) atoms. The third-order valence-corrected chi connectivity index (χ3v) is 9.55. The molecule has 1 unspecified atom stereocenters. The van der Waals surface area contributed by atoms with Crippen molar-refractivity contribution in [3.8, 4) is 5.75 Å². The molecule has 0 N–H and O–H groups in total. The second kappa shape index (κ2) is 13.8. The molecule has 4 heterocycles. The van der Waals surface area contributed by atoms with Crippen molar-refractivity contribution < 1.29 is 27.8 Å². The molecule has 3 aliphatic heterocycles. The van der Waals surface area contributed by atoms with Gasteiger partial charge in [0, 0.05) is 60.9 Å². The highest BCUT2D eigenvalue weighted by Crippen LogP contribution is 2.37. The molecule has 0 aliphatic carbocycles. The lowest BCUT2D eigenvalue weighted by molar-refractivity contribution is -0.117. The summed E-state index contributed by atoms with van der Waals surface area (Å²) in [6.45, 7) is 8.05. The first-order valence-corrected chi connectivity index (χ1v) is 16.8. The van der Waals surface area contributed by atoms with Gasteiger partial charge in [-0.1, -0.05) is 17.7 Å². The summed E-state index contributed by atoms with van der Waals surface area (Å²) < 4.78 is 48.2. The van der Waals surface area contributed by atoms with Crippen LogP contribution >= 0.6 is 11.6 Å². The Morgan fingerprint density at radius 3 is 2.20 bits per heavy atom. The van der Waals surface area contributed by atoms with Gasteiger partial charge >= 0.3 is 6.03 Å². The molecule has 0 saturated carbocycles. The first-order chi connectivity index (χ1) is 23.7. The molecule has 0 spiro atoms. The number of anilines is 3. The molecule has 11 nitrogen and oxygen atoms in total. The number of hydrogen-bond donors (Lipinski definition) is 0. The van der Waals surface area contributed by atoms with Gasteiger partial charge in [0.1, 0.15) is 47.7 Å². The molecule has 7 rings (SSSR count). The van der Waals surface area contributed by atoms with Crippen LogP contribution in [-0.2, 0) is 21.6 Å².